The number of hydrogen-bond acceptors (Lipinski definition) is 0. The molecule has 0 aromatic carbocycles. The van der Waals surface area contributed by atoms with Crippen LogP contribution >= 0.6 is 0 Å². The van der Waals surface area contributed by atoms with Crippen molar-refractivity contribution in [2.75, 3.05) is 0 Å². The van der Waals surface area contributed by atoms with Crippen molar-refractivity contribution < 1.29 is 0 Å². The minimum absolute atomic E-state index is 0. The Hall–Kier alpha value is -0.443. The van der Waals surface area contributed by atoms with Gasteiger partial charge in [0.2, 0.25) is 0 Å². The molecule has 4 aliphatic carbocycles. The molecule has 0 N–H and O–H groups in total. The molecule has 4 rings (SSSR count). The van der Waals surface area contributed by atoms with E-state index in [-0.39, 0.29) is 18.9 Å². The zero-order valence-electron chi connectivity index (χ0n) is 12.5. The predicted octanol–water partition coefficient (Wildman–Crippen LogP) is 5.23. The first-order valence-electron chi connectivity index (χ1n) is 8.72. The van der Waals surface area contributed by atoms with Crippen LogP contribution in [0.5, 0.6) is 0 Å². The Labute approximate surface area is 141 Å². The molecule has 0 saturated heterocycles. The van der Waals surface area contributed by atoms with E-state index in [1.54, 1.807) is 22.3 Å². The van der Waals surface area contributed by atoms with Gasteiger partial charge in [-0.15, -0.1) is 0 Å². The van der Waals surface area contributed by atoms with Gasteiger partial charge in [-0.2, -0.15) is 0 Å². The molecule has 0 spiro atoms. The second-order valence-electron chi connectivity index (χ2n) is 7.02. The van der Waals surface area contributed by atoms with Crippen molar-refractivity contribution in [3.05, 3.63) is 46.6 Å². The molecule has 0 aromatic heterocycles. The van der Waals surface area contributed by atoms with E-state index in [0.29, 0.717) is 0 Å². The van der Waals surface area contributed by atoms with E-state index in [1.165, 1.54) is 64.2 Å². The van der Waals surface area contributed by atoms with Gasteiger partial charge in [-0.1, -0.05) is 35.5 Å². The molecule has 21 heavy (non-hydrogen) atoms. The van der Waals surface area contributed by atoms with Crippen molar-refractivity contribution in [1.29, 1.82) is 0 Å². The van der Waals surface area contributed by atoms with Crippen molar-refractivity contribution in [1.82, 2.24) is 0 Å². The van der Waals surface area contributed by atoms with Gasteiger partial charge in [0.15, 0.2) is 0 Å². The van der Waals surface area contributed by atoms with Gasteiger partial charge in [-0.05, 0) is 87.2 Å². The normalized spacial score (nSPS) is 30.5. The topological polar surface area (TPSA) is 0 Å². The maximum absolute atomic E-state index is 2.50. The SMILES string of the molecule is C1=CC(CCC2C=CC3=C2CCCC3)C2=C1CCCC2.[LiH]. The summed E-state index contributed by atoms with van der Waals surface area (Å²) < 4.78 is 0. The van der Waals surface area contributed by atoms with E-state index < -0.39 is 0 Å². The van der Waals surface area contributed by atoms with E-state index in [4.69, 9.17) is 0 Å². The summed E-state index contributed by atoms with van der Waals surface area (Å²) in [5.41, 5.74) is 6.99. The fourth-order valence-electron chi connectivity index (χ4n) is 4.73. The first kappa shape index (κ1) is 15.5. The maximum atomic E-state index is 2.50. The molecule has 0 radical (unpaired) electrons. The molecule has 1 heteroatoms. The number of allylic oxidation sites excluding steroid dienone is 8. The average molecular weight is 274 g/mol. The first-order chi connectivity index (χ1) is 9.92. The molecule has 0 heterocycles. The van der Waals surface area contributed by atoms with Crippen LogP contribution in [0.3, 0.4) is 0 Å². The van der Waals surface area contributed by atoms with Crippen LogP contribution in [0.2, 0.25) is 0 Å². The Balaban J connectivity index is 0.00000132. The minimum atomic E-state index is 0. The Morgan fingerprint density at radius 3 is 1.57 bits per heavy atom. The van der Waals surface area contributed by atoms with Gasteiger partial charge in [-0.25, -0.2) is 0 Å². The van der Waals surface area contributed by atoms with Crippen LogP contribution in [0, 0.1) is 11.8 Å². The second-order valence-corrected chi connectivity index (χ2v) is 7.02. The Morgan fingerprint density at radius 2 is 1.10 bits per heavy atom. The van der Waals surface area contributed by atoms with E-state index in [1.807, 2.05) is 0 Å². The fraction of sp³-hybridized carbons (Fsp3) is 0.600. The van der Waals surface area contributed by atoms with Crippen molar-refractivity contribution in [3.63, 3.8) is 0 Å². The van der Waals surface area contributed by atoms with Gasteiger partial charge in [0.05, 0.1) is 0 Å². The Kier molecular flexibility index (Phi) is 4.98. The molecule has 0 bridgehead atoms. The predicted molar refractivity (Wildman–Crippen MR) is 92.6 cm³/mol. The Morgan fingerprint density at radius 1 is 0.667 bits per heavy atom. The summed E-state index contributed by atoms with van der Waals surface area (Å²) in [5, 5.41) is 0. The average Bonchev–Trinajstić information content (AvgIpc) is 3.09. The molecule has 2 atom stereocenters. The molecular formula is C20H27Li. The quantitative estimate of drug-likeness (QED) is 0.618. The molecule has 0 aliphatic heterocycles. The van der Waals surface area contributed by atoms with Crippen molar-refractivity contribution in [2.45, 2.75) is 64.2 Å². The molecule has 4 aliphatic rings. The van der Waals surface area contributed by atoms with Gasteiger partial charge >= 0.3 is 18.9 Å². The summed E-state index contributed by atoms with van der Waals surface area (Å²) in [7, 11) is 0. The third-order valence-corrected chi connectivity index (χ3v) is 5.85. The molecule has 0 saturated carbocycles. The zero-order chi connectivity index (χ0) is 13.4. The summed E-state index contributed by atoms with van der Waals surface area (Å²) in [6.45, 7) is 0. The third-order valence-electron chi connectivity index (χ3n) is 5.85. The summed E-state index contributed by atoms with van der Waals surface area (Å²) in [6.07, 6.45) is 23.8. The van der Waals surface area contributed by atoms with Crippen LogP contribution in [0.15, 0.2) is 46.6 Å². The summed E-state index contributed by atoms with van der Waals surface area (Å²) in [5.74, 6) is 1.57. The molecule has 0 aromatic rings. The third kappa shape index (κ3) is 3.04. The monoisotopic (exact) mass is 274 g/mol. The molecule has 0 amide bonds. The molecule has 2 unspecified atom stereocenters. The van der Waals surface area contributed by atoms with Gasteiger partial charge in [-0.3, -0.25) is 0 Å². The van der Waals surface area contributed by atoms with Gasteiger partial charge in [0, 0.05) is 0 Å². The number of hydrogen-bond donors (Lipinski definition) is 0. The van der Waals surface area contributed by atoms with Crippen molar-refractivity contribution >= 4 is 18.9 Å². The standard InChI is InChI=1S/C20H26.Li.H/c1-3-7-19-15(5-1)9-11-17(19)13-14-18-12-10-16-6-2-4-8-20(16)18;;/h9-12,17-18H,1-8,13-14H2;;. The van der Waals surface area contributed by atoms with E-state index in [9.17, 15) is 0 Å². The molecule has 0 fully saturated rings. The first-order valence-corrected chi connectivity index (χ1v) is 8.72. The van der Waals surface area contributed by atoms with Crippen LogP contribution < -0.4 is 0 Å². The van der Waals surface area contributed by atoms with E-state index in [2.05, 4.69) is 24.3 Å². The van der Waals surface area contributed by atoms with Crippen molar-refractivity contribution in [3.8, 4) is 0 Å². The van der Waals surface area contributed by atoms with Crippen molar-refractivity contribution in [2.24, 2.45) is 11.8 Å². The molecule has 108 valence electrons. The van der Waals surface area contributed by atoms with Gasteiger partial charge in [0.25, 0.3) is 0 Å². The van der Waals surface area contributed by atoms with E-state index >= 15 is 0 Å². The summed E-state index contributed by atoms with van der Waals surface area (Å²) >= 11 is 0. The van der Waals surface area contributed by atoms with Gasteiger partial charge < -0.3 is 0 Å². The van der Waals surface area contributed by atoms with Gasteiger partial charge in [0.1, 0.15) is 0 Å². The van der Waals surface area contributed by atoms with Crippen LogP contribution in [-0.2, 0) is 0 Å². The van der Waals surface area contributed by atoms with Crippen LogP contribution in [0.1, 0.15) is 64.2 Å². The van der Waals surface area contributed by atoms with Crippen LogP contribution in [-0.4, -0.2) is 18.9 Å². The van der Waals surface area contributed by atoms with Crippen LogP contribution in [0.4, 0.5) is 0 Å². The molecule has 0 nitrogen and oxygen atoms in total. The number of rotatable bonds is 3. The molecular weight excluding hydrogens is 247 g/mol. The zero-order valence-corrected chi connectivity index (χ0v) is 12.5. The van der Waals surface area contributed by atoms with Crippen LogP contribution in [0.25, 0.3) is 0 Å². The fourth-order valence-corrected chi connectivity index (χ4v) is 4.73. The summed E-state index contributed by atoms with van der Waals surface area (Å²) in [4.78, 5) is 0. The summed E-state index contributed by atoms with van der Waals surface area (Å²) in [6, 6.07) is 0. The van der Waals surface area contributed by atoms with E-state index in [0.717, 1.165) is 11.8 Å². The Bertz CT molecular complexity index is 470. The second kappa shape index (κ2) is 6.76.